The Morgan fingerprint density at radius 1 is 1.06 bits per heavy atom. The van der Waals surface area contributed by atoms with Gasteiger partial charge in [-0.05, 0) is 57.9 Å². The fraction of sp³-hybridized carbons (Fsp3) is 0.458. The summed E-state index contributed by atoms with van der Waals surface area (Å²) < 4.78 is 9.96. The highest BCUT2D eigenvalue weighted by Crippen LogP contribution is 2.21. The summed E-state index contributed by atoms with van der Waals surface area (Å²) in [6, 6.07) is 13.7. The van der Waals surface area contributed by atoms with Gasteiger partial charge >= 0.3 is 12.2 Å². The van der Waals surface area contributed by atoms with E-state index in [9.17, 15) is 9.59 Å². The number of nitrogens with zero attached hydrogens (tertiary/aromatic N) is 2. The van der Waals surface area contributed by atoms with Crippen molar-refractivity contribution in [3.63, 3.8) is 0 Å². The molecule has 0 saturated carbocycles. The summed E-state index contributed by atoms with van der Waals surface area (Å²) in [4.78, 5) is 30.5. The molecule has 1 aliphatic heterocycles. The van der Waals surface area contributed by atoms with Crippen LogP contribution in [0.3, 0.4) is 0 Å². The Labute approximate surface area is 189 Å². The summed E-state index contributed by atoms with van der Waals surface area (Å²) in [7, 11) is 1.38. The van der Waals surface area contributed by atoms with Gasteiger partial charge in [-0.3, -0.25) is 15.2 Å². The second kappa shape index (κ2) is 10.5. The number of methoxy groups -OCH3 is 1. The van der Waals surface area contributed by atoms with E-state index in [4.69, 9.17) is 9.72 Å². The molecule has 0 spiro atoms. The summed E-state index contributed by atoms with van der Waals surface area (Å²) in [6.45, 7) is 8.04. The minimum atomic E-state index is -0.540. The molecule has 0 bridgehead atoms. The van der Waals surface area contributed by atoms with Crippen LogP contribution in [-0.4, -0.2) is 53.9 Å². The van der Waals surface area contributed by atoms with Gasteiger partial charge in [0.1, 0.15) is 5.60 Å². The molecule has 0 atom stereocenters. The average molecular weight is 441 g/mol. The van der Waals surface area contributed by atoms with Crippen LogP contribution in [0.2, 0.25) is 0 Å². The van der Waals surface area contributed by atoms with Crippen molar-refractivity contribution in [2.75, 3.05) is 25.5 Å². The highest BCUT2D eigenvalue weighted by atomic mass is 16.6. The number of hydrogen-bond acceptors (Lipinski definition) is 6. The standard InChI is InChI=1S/C24H32N4O4/c1-24(2,3)32-23(30)27-18-10-8-17(9-11-18)21-7-5-6-20(25-21)16-28-14-12-19(13-15-28)26-22(29)31-4/h5-11,19H,12-16H2,1-4H3,(H,26,29)(H,27,30). The zero-order valence-corrected chi connectivity index (χ0v) is 19.2. The first kappa shape index (κ1) is 23.5. The Bertz CT molecular complexity index is 916. The first-order valence-corrected chi connectivity index (χ1v) is 10.8. The van der Waals surface area contributed by atoms with Crippen molar-refractivity contribution in [2.45, 2.75) is 51.8 Å². The van der Waals surface area contributed by atoms with Crippen molar-refractivity contribution in [2.24, 2.45) is 0 Å². The highest BCUT2D eigenvalue weighted by molar-refractivity contribution is 5.85. The number of alkyl carbamates (subject to hydrolysis) is 1. The normalized spacial score (nSPS) is 15.1. The van der Waals surface area contributed by atoms with Crippen LogP contribution in [0.5, 0.6) is 0 Å². The molecule has 1 saturated heterocycles. The highest BCUT2D eigenvalue weighted by Gasteiger charge is 2.21. The zero-order chi connectivity index (χ0) is 23.1. The lowest BCUT2D eigenvalue weighted by Gasteiger charge is -2.31. The number of piperidine rings is 1. The maximum atomic E-state index is 11.9. The van der Waals surface area contributed by atoms with Crippen LogP contribution in [0.4, 0.5) is 15.3 Å². The summed E-state index contributed by atoms with van der Waals surface area (Å²) in [5.41, 5.74) is 2.98. The van der Waals surface area contributed by atoms with E-state index in [1.165, 1.54) is 7.11 Å². The number of benzene rings is 1. The van der Waals surface area contributed by atoms with E-state index in [1.54, 1.807) is 0 Å². The van der Waals surface area contributed by atoms with Crippen LogP contribution in [-0.2, 0) is 16.0 Å². The molecule has 32 heavy (non-hydrogen) atoms. The van der Waals surface area contributed by atoms with Gasteiger partial charge in [0.25, 0.3) is 0 Å². The first-order chi connectivity index (χ1) is 15.2. The van der Waals surface area contributed by atoms with E-state index in [1.807, 2.05) is 63.2 Å². The van der Waals surface area contributed by atoms with Crippen molar-refractivity contribution in [1.82, 2.24) is 15.2 Å². The Morgan fingerprint density at radius 2 is 1.75 bits per heavy atom. The minimum Gasteiger partial charge on any atom is -0.453 e. The van der Waals surface area contributed by atoms with Crippen LogP contribution in [0.25, 0.3) is 11.3 Å². The predicted molar refractivity (Wildman–Crippen MR) is 123 cm³/mol. The third-order valence-electron chi connectivity index (χ3n) is 5.11. The van der Waals surface area contributed by atoms with E-state index < -0.39 is 11.7 Å². The lowest BCUT2D eigenvalue weighted by molar-refractivity contribution is 0.0636. The van der Waals surface area contributed by atoms with Crippen molar-refractivity contribution in [1.29, 1.82) is 0 Å². The van der Waals surface area contributed by atoms with Gasteiger partial charge < -0.3 is 14.8 Å². The second-order valence-electron chi connectivity index (χ2n) is 8.90. The number of nitrogens with one attached hydrogen (secondary N) is 2. The zero-order valence-electron chi connectivity index (χ0n) is 19.2. The monoisotopic (exact) mass is 440 g/mol. The summed E-state index contributed by atoms with van der Waals surface area (Å²) in [6.07, 6.45) is 0.933. The molecule has 2 aromatic rings. The average Bonchev–Trinajstić information content (AvgIpc) is 2.74. The van der Waals surface area contributed by atoms with Gasteiger partial charge in [0, 0.05) is 36.9 Å². The van der Waals surface area contributed by atoms with Gasteiger partial charge in [-0.25, -0.2) is 9.59 Å². The molecule has 0 aliphatic carbocycles. The molecule has 1 aromatic heterocycles. The van der Waals surface area contributed by atoms with Crippen LogP contribution in [0.1, 0.15) is 39.3 Å². The molecule has 0 radical (unpaired) electrons. The van der Waals surface area contributed by atoms with E-state index in [0.29, 0.717) is 5.69 Å². The minimum absolute atomic E-state index is 0.158. The van der Waals surface area contributed by atoms with Gasteiger partial charge in [0.05, 0.1) is 18.5 Å². The molecule has 1 aliphatic rings. The van der Waals surface area contributed by atoms with Crippen molar-refractivity contribution >= 4 is 17.9 Å². The number of carbonyl (C=O) groups excluding carboxylic acids is 2. The summed E-state index contributed by atoms with van der Waals surface area (Å²) in [5.74, 6) is 0. The van der Waals surface area contributed by atoms with Gasteiger partial charge in [0.15, 0.2) is 0 Å². The Balaban J connectivity index is 1.56. The molecule has 2 heterocycles. The number of amides is 2. The lowest BCUT2D eigenvalue weighted by Crippen LogP contribution is -2.44. The quantitative estimate of drug-likeness (QED) is 0.715. The van der Waals surface area contributed by atoms with E-state index in [-0.39, 0.29) is 12.1 Å². The van der Waals surface area contributed by atoms with Crippen LogP contribution in [0.15, 0.2) is 42.5 Å². The third kappa shape index (κ3) is 7.23. The van der Waals surface area contributed by atoms with E-state index in [2.05, 4.69) is 20.3 Å². The van der Waals surface area contributed by atoms with Gasteiger partial charge in [-0.1, -0.05) is 18.2 Å². The molecular weight excluding hydrogens is 408 g/mol. The first-order valence-electron chi connectivity index (χ1n) is 10.8. The molecule has 3 rings (SSSR count). The fourth-order valence-corrected chi connectivity index (χ4v) is 3.56. The molecule has 1 fully saturated rings. The van der Waals surface area contributed by atoms with Crippen molar-refractivity contribution in [3.05, 3.63) is 48.2 Å². The number of pyridine rings is 1. The summed E-state index contributed by atoms with van der Waals surface area (Å²) in [5, 5.41) is 5.61. The van der Waals surface area contributed by atoms with Gasteiger partial charge in [0.2, 0.25) is 0 Å². The SMILES string of the molecule is COC(=O)NC1CCN(Cc2cccc(-c3ccc(NC(=O)OC(C)(C)C)cc3)n2)CC1. The number of ether oxygens (including phenoxy) is 2. The van der Waals surface area contributed by atoms with Crippen molar-refractivity contribution < 1.29 is 19.1 Å². The topological polar surface area (TPSA) is 92.8 Å². The fourth-order valence-electron chi connectivity index (χ4n) is 3.56. The molecule has 2 amide bonds. The van der Waals surface area contributed by atoms with Crippen LogP contribution >= 0.6 is 0 Å². The smallest absolute Gasteiger partial charge is 0.412 e. The number of carbonyl (C=O) groups is 2. The van der Waals surface area contributed by atoms with E-state index in [0.717, 1.165) is 49.4 Å². The Morgan fingerprint density at radius 3 is 2.38 bits per heavy atom. The van der Waals surface area contributed by atoms with Gasteiger partial charge in [-0.15, -0.1) is 0 Å². The maximum Gasteiger partial charge on any atom is 0.412 e. The third-order valence-corrected chi connectivity index (χ3v) is 5.11. The summed E-state index contributed by atoms with van der Waals surface area (Å²) >= 11 is 0. The second-order valence-corrected chi connectivity index (χ2v) is 8.90. The molecule has 1 aromatic carbocycles. The molecule has 8 heteroatoms. The van der Waals surface area contributed by atoms with Crippen LogP contribution in [0, 0.1) is 0 Å². The molecule has 0 unspecified atom stereocenters. The maximum absolute atomic E-state index is 11.9. The Hall–Kier alpha value is -3.13. The Kier molecular flexibility index (Phi) is 7.69. The van der Waals surface area contributed by atoms with Gasteiger partial charge in [-0.2, -0.15) is 0 Å². The van der Waals surface area contributed by atoms with Crippen molar-refractivity contribution in [3.8, 4) is 11.3 Å². The number of hydrogen-bond donors (Lipinski definition) is 2. The van der Waals surface area contributed by atoms with E-state index >= 15 is 0 Å². The largest absolute Gasteiger partial charge is 0.453 e. The lowest BCUT2D eigenvalue weighted by atomic mass is 10.0. The predicted octanol–water partition coefficient (Wildman–Crippen LogP) is 4.42. The molecule has 172 valence electrons. The number of aromatic nitrogens is 1. The number of rotatable bonds is 5. The molecular formula is C24H32N4O4. The molecule has 8 nitrogen and oxygen atoms in total. The molecule has 2 N–H and O–H groups in total. The number of anilines is 1. The number of likely N-dealkylation sites (tertiary alicyclic amines) is 1. The van der Waals surface area contributed by atoms with Crippen LogP contribution < -0.4 is 10.6 Å².